The molecule has 3 aromatic rings. The number of pyridine rings is 1. The molecule has 39 heavy (non-hydrogen) atoms. The molecule has 1 amide bonds. The highest BCUT2D eigenvalue weighted by Crippen LogP contribution is 2.32. The van der Waals surface area contributed by atoms with Crippen LogP contribution in [0.15, 0.2) is 48.5 Å². The Morgan fingerprint density at radius 1 is 1.10 bits per heavy atom. The summed E-state index contributed by atoms with van der Waals surface area (Å²) >= 11 is 0. The van der Waals surface area contributed by atoms with Gasteiger partial charge in [-0.1, -0.05) is 19.1 Å². The summed E-state index contributed by atoms with van der Waals surface area (Å²) in [7, 11) is 0. The van der Waals surface area contributed by atoms with Gasteiger partial charge in [-0.3, -0.25) is 14.7 Å². The number of nitrogens with one attached hydrogen (secondary N) is 1. The Labute approximate surface area is 230 Å². The average molecular weight is 527 g/mol. The number of likely N-dealkylation sites (tertiary alicyclic amines) is 1. The van der Waals surface area contributed by atoms with Crippen molar-refractivity contribution in [3.05, 3.63) is 70.9 Å². The van der Waals surface area contributed by atoms with Crippen LogP contribution in [0.5, 0.6) is 5.75 Å². The molecule has 1 N–H and O–H groups in total. The highest BCUT2D eigenvalue weighted by atomic mass is 16.5. The lowest BCUT2D eigenvalue weighted by Crippen LogP contribution is -2.46. The Morgan fingerprint density at radius 3 is 2.90 bits per heavy atom. The van der Waals surface area contributed by atoms with Gasteiger partial charge in [0.15, 0.2) is 0 Å². The zero-order chi connectivity index (χ0) is 26.3. The number of hydrogen-bond donors (Lipinski definition) is 1. The van der Waals surface area contributed by atoms with E-state index in [4.69, 9.17) is 14.5 Å². The summed E-state index contributed by atoms with van der Waals surface area (Å²) in [4.78, 5) is 22.5. The Morgan fingerprint density at radius 2 is 2.05 bits per heavy atom. The number of hydrogen-bond acceptors (Lipinski definition) is 6. The Bertz CT molecular complexity index is 1360. The molecule has 3 saturated heterocycles. The largest absolute Gasteiger partial charge is 0.489 e. The van der Waals surface area contributed by atoms with Gasteiger partial charge >= 0.3 is 0 Å². The molecule has 1 aromatic heterocycles. The molecule has 0 spiro atoms. The fourth-order valence-electron chi connectivity index (χ4n) is 6.82. The first-order valence-electron chi connectivity index (χ1n) is 14.6. The first-order valence-corrected chi connectivity index (χ1v) is 14.6. The summed E-state index contributed by atoms with van der Waals surface area (Å²) < 4.78 is 12.1. The van der Waals surface area contributed by atoms with Crippen LogP contribution in [0.3, 0.4) is 0 Å². The number of piperidine rings is 1. The second-order valence-electron chi connectivity index (χ2n) is 11.9. The van der Waals surface area contributed by atoms with Gasteiger partial charge in [0.2, 0.25) is 0 Å². The summed E-state index contributed by atoms with van der Waals surface area (Å²) in [6.45, 7) is 9.34. The molecule has 4 aliphatic rings. The normalized spacial score (nSPS) is 27.4. The van der Waals surface area contributed by atoms with Gasteiger partial charge in [-0.25, -0.2) is 0 Å². The molecule has 7 heteroatoms. The topological polar surface area (TPSA) is 66.9 Å². The number of fused-ring (bicyclic) bond motifs is 2. The quantitative estimate of drug-likeness (QED) is 0.515. The molecule has 204 valence electrons. The second kappa shape index (κ2) is 10.5. The zero-order valence-corrected chi connectivity index (χ0v) is 22.8. The van der Waals surface area contributed by atoms with Gasteiger partial charge in [-0.05, 0) is 73.3 Å². The van der Waals surface area contributed by atoms with Gasteiger partial charge in [0.1, 0.15) is 11.9 Å². The van der Waals surface area contributed by atoms with Crippen LogP contribution in [0.25, 0.3) is 10.9 Å². The minimum absolute atomic E-state index is 0.136. The van der Waals surface area contributed by atoms with Crippen molar-refractivity contribution in [1.29, 1.82) is 0 Å². The van der Waals surface area contributed by atoms with Crippen LogP contribution in [0, 0.1) is 5.92 Å². The Hall–Kier alpha value is -3.00. The Kier molecular flexibility index (Phi) is 6.75. The van der Waals surface area contributed by atoms with Gasteiger partial charge in [0.25, 0.3) is 5.91 Å². The highest BCUT2D eigenvalue weighted by Gasteiger charge is 2.35. The van der Waals surface area contributed by atoms with Crippen LogP contribution < -0.4 is 10.1 Å². The van der Waals surface area contributed by atoms with Crippen molar-refractivity contribution in [2.45, 2.75) is 57.3 Å². The number of amides is 1. The number of carbonyl (C=O) groups excluding carboxylic acids is 1. The molecule has 7 rings (SSSR count). The second-order valence-corrected chi connectivity index (χ2v) is 11.9. The van der Waals surface area contributed by atoms with Crippen molar-refractivity contribution in [3.63, 3.8) is 0 Å². The van der Waals surface area contributed by atoms with E-state index in [1.165, 1.54) is 10.9 Å². The van der Waals surface area contributed by atoms with E-state index >= 15 is 0 Å². The standard InChI is InChI=1S/C32H38N4O3/c1-21-16-35(17-22-4-8-29-23(13-22)5-9-30(34-29)24-10-12-38-20-24)19-31(21)39-27-6-7-28-25(14-27)18-36(32(28)37)26-3-2-11-33-15-26/h4-9,13-14,21,24,26,31,33H,2-3,10-12,15-20H2,1H3/t21-,24-,26?,31-/m1/s1. The Balaban J connectivity index is 0.987. The monoisotopic (exact) mass is 526 g/mol. The molecule has 5 heterocycles. The maximum atomic E-state index is 13.0. The number of nitrogens with zero attached hydrogens (tertiary/aromatic N) is 3. The molecule has 0 radical (unpaired) electrons. The summed E-state index contributed by atoms with van der Waals surface area (Å²) in [5.74, 6) is 1.91. The third-order valence-electron chi connectivity index (χ3n) is 9.06. The van der Waals surface area contributed by atoms with E-state index in [2.05, 4.69) is 53.5 Å². The van der Waals surface area contributed by atoms with E-state index in [1.807, 2.05) is 17.0 Å². The van der Waals surface area contributed by atoms with E-state index in [0.717, 1.165) is 93.3 Å². The van der Waals surface area contributed by atoms with Gasteiger partial charge < -0.3 is 19.7 Å². The first-order chi connectivity index (χ1) is 19.1. The van der Waals surface area contributed by atoms with E-state index in [9.17, 15) is 4.79 Å². The third-order valence-corrected chi connectivity index (χ3v) is 9.06. The summed E-state index contributed by atoms with van der Waals surface area (Å²) in [6, 6.07) is 17.4. The number of benzene rings is 2. The summed E-state index contributed by atoms with van der Waals surface area (Å²) in [5.41, 5.74) is 5.45. The fourth-order valence-corrected chi connectivity index (χ4v) is 6.82. The molecule has 1 unspecified atom stereocenters. The van der Waals surface area contributed by atoms with Crippen LogP contribution in [0.2, 0.25) is 0 Å². The molecular weight excluding hydrogens is 488 g/mol. The SMILES string of the molecule is C[C@@H]1CN(Cc2ccc3nc([C@@H]4CCOC4)ccc3c2)C[C@H]1Oc1ccc2c(c1)CN(C1CCCNC1)C2=O. The van der Waals surface area contributed by atoms with E-state index < -0.39 is 0 Å². The predicted molar refractivity (Wildman–Crippen MR) is 151 cm³/mol. The maximum Gasteiger partial charge on any atom is 0.254 e. The minimum atomic E-state index is 0.136. The lowest BCUT2D eigenvalue weighted by atomic mass is 10.0. The van der Waals surface area contributed by atoms with E-state index in [0.29, 0.717) is 24.4 Å². The fraction of sp³-hybridized carbons (Fsp3) is 0.500. The number of carbonyl (C=O) groups is 1. The predicted octanol–water partition coefficient (Wildman–Crippen LogP) is 4.35. The first kappa shape index (κ1) is 25.0. The van der Waals surface area contributed by atoms with Crippen molar-refractivity contribution < 1.29 is 14.3 Å². The molecule has 4 aliphatic heterocycles. The zero-order valence-electron chi connectivity index (χ0n) is 22.8. The lowest BCUT2D eigenvalue weighted by molar-refractivity contribution is 0.0674. The van der Waals surface area contributed by atoms with Crippen LogP contribution in [-0.4, -0.2) is 72.2 Å². The molecule has 7 nitrogen and oxygen atoms in total. The van der Waals surface area contributed by atoms with Gasteiger partial charge in [-0.2, -0.15) is 0 Å². The molecule has 0 aliphatic carbocycles. The number of rotatable bonds is 6. The summed E-state index contributed by atoms with van der Waals surface area (Å²) in [5, 5.41) is 4.63. The van der Waals surface area contributed by atoms with Crippen molar-refractivity contribution in [1.82, 2.24) is 20.1 Å². The lowest BCUT2D eigenvalue weighted by Gasteiger charge is -2.31. The molecule has 2 aromatic carbocycles. The van der Waals surface area contributed by atoms with Crippen molar-refractivity contribution in [3.8, 4) is 5.75 Å². The van der Waals surface area contributed by atoms with Crippen LogP contribution >= 0.6 is 0 Å². The molecule has 0 saturated carbocycles. The smallest absolute Gasteiger partial charge is 0.254 e. The van der Waals surface area contributed by atoms with Crippen LogP contribution in [-0.2, 0) is 17.8 Å². The van der Waals surface area contributed by atoms with Crippen molar-refractivity contribution >= 4 is 16.8 Å². The number of aromatic nitrogens is 1. The van der Waals surface area contributed by atoms with Crippen molar-refractivity contribution in [2.24, 2.45) is 5.92 Å². The molecule has 3 fully saturated rings. The van der Waals surface area contributed by atoms with Crippen molar-refractivity contribution in [2.75, 3.05) is 39.4 Å². The van der Waals surface area contributed by atoms with Gasteiger partial charge in [-0.15, -0.1) is 0 Å². The molecular formula is C32H38N4O3. The number of ether oxygens (including phenoxy) is 2. The molecule has 4 atom stereocenters. The molecule has 0 bridgehead atoms. The third kappa shape index (κ3) is 5.04. The van der Waals surface area contributed by atoms with Gasteiger partial charge in [0.05, 0.1) is 12.1 Å². The van der Waals surface area contributed by atoms with E-state index in [1.54, 1.807) is 0 Å². The minimum Gasteiger partial charge on any atom is -0.489 e. The van der Waals surface area contributed by atoms with E-state index in [-0.39, 0.29) is 12.0 Å². The summed E-state index contributed by atoms with van der Waals surface area (Å²) in [6.07, 6.45) is 3.41. The average Bonchev–Trinajstić information content (AvgIpc) is 3.69. The van der Waals surface area contributed by atoms with Crippen LogP contribution in [0.4, 0.5) is 0 Å². The van der Waals surface area contributed by atoms with Gasteiger partial charge in [0, 0.05) is 73.9 Å². The maximum absolute atomic E-state index is 13.0. The van der Waals surface area contributed by atoms with Crippen LogP contribution in [0.1, 0.15) is 59.3 Å². The highest BCUT2D eigenvalue weighted by molar-refractivity contribution is 5.98.